The summed E-state index contributed by atoms with van der Waals surface area (Å²) in [6.45, 7) is 3.54. The highest BCUT2D eigenvalue weighted by molar-refractivity contribution is 6.09. The van der Waals surface area contributed by atoms with E-state index in [4.69, 9.17) is 10.6 Å². The maximum absolute atomic E-state index is 14.5. The first-order valence-electron chi connectivity index (χ1n) is 9.06. The van der Waals surface area contributed by atoms with Gasteiger partial charge in [-0.3, -0.25) is 9.78 Å². The maximum Gasteiger partial charge on any atom is 0.185 e. The van der Waals surface area contributed by atoms with Gasteiger partial charge in [0.25, 0.3) is 0 Å². The molecule has 0 saturated heterocycles. The zero-order valence-corrected chi connectivity index (χ0v) is 15.5. The number of rotatable bonds is 5. The zero-order chi connectivity index (χ0) is 20.4. The molecule has 2 N–H and O–H groups in total. The highest BCUT2D eigenvalue weighted by Crippen LogP contribution is 2.32. The lowest BCUT2D eigenvalue weighted by atomic mass is 9.94. The van der Waals surface area contributed by atoms with Crippen LogP contribution in [0.25, 0.3) is 11.1 Å². The highest BCUT2D eigenvalue weighted by atomic mass is 19.1. The Morgan fingerprint density at radius 3 is 2.72 bits per heavy atom. The Balaban J connectivity index is 1.73. The van der Waals surface area contributed by atoms with Crippen molar-refractivity contribution in [2.75, 3.05) is 5.73 Å². The number of allylic oxidation sites excluding steroid dienone is 1. The lowest BCUT2D eigenvalue weighted by molar-refractivity contribution is 0.0826. The van der Waals surface area contributed by atoms with Crippen LogP contribution in [0.15, 0.2) is 78.6 Å². The van der Waals surface area contributed by atoms with Gasteiger partial charge >= 0.3 is 0 Å². The number of anilines is 1. The highest BCUT2D eigenvalue weighted by Gasteiger charge is 2.26. The van der Waals surface area contributed by atoms with Crippen molar-refractivity contribution in [3.8, 4) is 11.1 Å². The van der Waals surface area contributed by atoms with E-state index in [0.717, 1.165) is 5.69 Å². The van der Waals surface area contributed by atoms with Crippen molar-refractivity contribution in [2.24, 2.45) is 5.16 Å². The Morgan fingerprint density at radius 2 is 2.00 bits per heavy atom. The molecular formula is C23H18FN3O2. The standard InChI is InChI=1S/C23H18FN3O2/c1-2-22(28)16-10-14(18-7-6-17(25)12-19(18)24)9-15(11-16)21-13-23(29-27-21)20-5-3-4-8-26-20/h2-12,23H,1,13,25H2. The summed E-state index contributed by atoms with van der Waals surface area (Å²) >= 11 is 0. The molecule has 1 aromatic heterocycles. The molecule has 0 spiro atoms. The van der Waals surface area contributed by atoms with Gasteiger partial charge in [0.05, 0.1) is 11.4 Å². The van der Waals surface area contributed by atoms with Crippen LogP contribution in [-0.2, 0) is 4.84 Å². The van der Waals surface area contributed by atoms with E-state index >= 15 is 0 Å². The second kappa shape index (κ2) is 7.67. The molecule has 5 nitrogen and oxygen atoms in total. The second-order valence-corrected chi connectivity index (χ2v) is 6.70. The van der Waals surface area contributed by atoms with E-state index in [2.05, 4.69) is 16.7 Å². The van der Waals surface area contributed by atoms with Crippen molar-refractivity contribution in [1.29, 1.82) is 0 Å². The van der Waals surface area contributed by atoms with E-state index in [0.29, 0.717) is 40.1 Å². The summed E-state index contributed by atoms with van der Waals surface area (Å²) in [7, 11) is 0. The number of hydrogen-bond donors (Lipinski definition) is 1. The third-order valence-electron chi connectivity index (χ3n) is 4.73. The first-order chi connectivity index (χ1) is 14.0. The molecular weight excluding hydrogens is 369 g/mol. The average molecular weight is 387 g/mol. The van der Waals surface area contributed by atoms with Crippen LogP contribution < -0.4 is 5.73 Å². The molecule has 1 aliphatic heterocycles. The minimum absolute atomic E-state index is 0.259. The number of hydrogen-bond acceptors (Lipinski definition) is 5. The van der Waals surface area contributed by atoms with Crippen molar-refractivity contribution in [3.05, 3.63) is 96.1 Å². The molecule has 1 aliphatic rings. The van der Waals surface area contributed by atoms with Gasteiger partial charge in [-0.2, -0.15) is 0 Å². The largest absolute Gasteiger partial charge is 0.399 e. The van der Waals surface area contributed by atoms with Crippen LogP contribution in [0.5, 0.6) is 0 Å². The zero-order valence-electron chi connectivity index (χ0n) is 15.5. The summed E-state index contributed by atoms with van der Waals surface area (Å²) in [4.78, 5) is 22.1. The number of nitrogen functional groups attached to an aromatic ring is 1. The van der Waals surface area contributed by atoms with Gasteiger partial charge in [0.15, 0.2) is 11.9 Å². The van der Waals surface area contributed by atoms with E-state index in [1.807, 2.05) is 18.2 Å². The van der Waals surface area contributed by atoms with Crippen LogP contribution >= 0.6 is 0 Å². The average Bonchev–Trinajstić information content (AvgIpc) is 3.24. The van der Waals surface area contributed by atoms with Crippen LogP contribution in [0, 0.1) is 5.82 Å². The number of oxime groups is 1. The van der Waals surface area contributed by atoms with Gasteiger partial charge < -0.3 is 10.6 Å². The number of benzene rings is 2. The molecule has 0 saturated carbocycles. The molecule has 3 aromatic rings. The Hall–Kier alpha value is -3.80. The van der Waals surface area contributed by atoms with E-state index in [-0.39, 0.29) is 11.9 Å². The molecule has 1 unspecified atom stereocenters. The number of nitrogens with zero attached hydrogens (tertiary/aromatic N) is 2. The third-order valence-corrected chi connectivity index (χ3v) is 4.73. The molecule has 6 heteroatoms. The normalized spacial score (nSPS) is 15.5. The second-order valence-electron chi connectivity index (χ2n) is 6.70. The van der Waals surface area contributed by atoms with Gasteiger partial charge in [-0.1, -0.05) is 17.8 Å². The minimum Gasteiger partial charge on any atom is -0.399 e. The monoisotopic (exact) mass is 387 g/mol. The molecule has 0 bridgehead atoms. The van der Waals surface area contributed by atoms with Crippen molar-refractivity contribution in [1.82, 2.24) is 4.98 Å². The number of pyridine rings is 1. The Bertz CT molecular complexity index is 1130. The first-order valence-corrected chi connectivity index (χ1v) is 9.06. The fourth-order valence-corrected chi connectivity index (χ4v) is 3.25. The number of halogens is 1. The first kappa shape index (κ1) is 18.6. The van der Waals surface area contributed by atoms with Gasteiger partial charge in [-0.25, -0.2) is 4.39 Å². The number of nitrogens with two attached hydrogens (primary N) is 1. The topological polar surface area (TPSA) is 77.6 Å². The van der Waals surface area contributed by atoms with Crippen molar-refractivity contribution in [3.63, 3.8) is 0 Å². The van der Waals surface area contributed by atoms with Crippen LogP contribution in [0.2, 0.25) is 0 Å². The molecule has 0 fully saturated rings. The van der Waals surface area contributed by atoms with Gasteiger partial charge in [0, 0.05) is 35.0 Å². The quantitative estimate of drug-likeness (QED) is 0.391. The summed E-state index contributed by atoms with van der Waals surface area (Å²) in [6, 6.07) is 15.2. The SMILES string of the molecule is C=CC(=O)c1cc(C2=NOC(c3ccccn3)C2)cc(-c2ccc(N)cc2F)c1. The van der Waals surface area contributed by atoms with E-state index in [1.165, 1.54) is 12.1 Å². The Kier molecular flexibility index (Phi) is 4.91. The van der Waals surface area contributed by atoms with Crippen molar-refractivity contribution < 1.29 is 14.0 Å². The minimum atomic E-state index is -0.463. The van der Waals surface area contributed by atoms with E-state index in [9.17, 15) is 9.18 Å². The Labute approximate surface area is 167 Å². The lowest BCUT2D eigenvalue weighted by Crippen LogP contribution is -2.05. The smallest absolute Gasteiger partial charge is 0.185 e. The summed E-state index contributed by atoms with van der Waals surface area (Å²) in [5, 5.41) is 4.19. The molecule has 29 heavy (non-hydrogen) atoms. The Morgan fingerprint density at radius 1 is 1.17 bits per heavy atom. The van der Waals surface area contributed by atoms with Crippen molar-refractivity contribution in [2.45, 2.75) is 12.5 Å². The van der Waals surface area contributed by atoms with Crippen LogP contribution in [0.3, 0.4) is 0 Å². The summed E-state index contributed by atoms with van der Waals surface area (Å²) in [6.07, 6.45) is 3.11. The van der Waals surface area contributed by atoms with Crippen LogP contribution in [0.1, 0.15) is 34.1 Å². The fourth-order valence-electron chi connectivity index (χ4n) is 3.25. The van der Waals surface area contributed by atoms with Gasteiger partial charge in [-0.15, -0.1) is 0 Å². The van der Waals surface area contributed by atoms with Gasteiger partial charge in [0.1, 0.15) is 5.82 Å². The predicted molar refractivity (Wildman–Crippen MR) is 110 cm³/mol. The number of carbonyl (C=O) groups excluding carboxylic acids is 1. The van der Waals surface area contributed by atoms with Crippen molar-refractivity contribution >= 4 is 17.2 Å². The van der Waals surface area contributed by atoms with Gasteiger partial charge in [-0.05, 0) is 60.2 Å². The molecule has 0 radical (unpaired) electrons. The molecule has 144 valence electrons. The fraction of sp³-hybridized carbons (Fsp3) is 0.0870. The molecule has 2 aromatic carbocycles. The maximum atomic E-state index is 14.5. The van der Waals surface area contributed by atoms with Crippen LogP contribution in [-0.4, -0.2) is 16.5 Å². The molecule has 0 aliphatic carbocycles. The number of aromatic nitrogens is 1. The summed E-state index contributed by atoms with van der Waals surface area (Å²) in [5.41, 5.74) is 9.40. The molecule has 0 amide bonds. The summed E-state index contributed by atoms with van der Waals surface area (Å²) < 4.78 is 14.5. The molecule has 2 heterocycles. The van der Waals surface area contributed by atoms with E-state index < -0.39 is 5.82 Å². The number of carbonyl (C=O) groups is 1. The van der Waals surface area contributed by atoms with Gasteiger partial charge in [0.2, 0.25) is 0 Å². The van der Waals surface area contributed by atoms with E-state index in [1.54, 1.807) is 36.5 Å². The van der Waals surface area contributed by atoms with Crippen LogP contribution in [0.4, 0.5) is 10.1 Å². The summed E-state index contributed by atoms with van der Waals surface area (Å²) in [5.74, 6) is -0.722. The molecule has 1 atom stereocenters. The lowest BCUT2D eigenvalue weighted by Gasteiger charge is -2.10. The predicted octanol–water partition coefficient (Wildman–Crippen LogP) is 4.70. The molecule has 4 rings (SSSR count). The number of ketones is 1. The third kappa shape index (κ3) is 3.78.